The van der Waals surface area contributed by atoms with E-state index in [1.807, 2.05) is 11.8 Å². The maximum absolute atomic E-state index is 2.40. The van der Waals surface area contributed by atoms with Crippen LogP contribution in [0.1, 0.15) is 26.2 Å². The van der Waals surface area contributed by atoms with Crippen LogP contribution in [0.4, 0.5) is 0 Å². The molecule has 0 N–H and O–H groups in total. The van der Waals surface area contributed by atoms with Crippen LogP contribution in [-0.4, -0.2) is 11.5 Å². The monoisotopic (exact) mass is 352 g/mol. The van der Waals surface area contributed by atoms with E-state index in [0.29, 0.717) is 0 Å². The van der Waals surface area contributed by atoms with Gasteiger partial charge in [0.2, 0.25) is 0 Å². The Hall–Kier alpha value is -1.30. The molecule has 2 heteroatoms. The van der Waals surface area contributed by atoms with Crippen LogP contribution in [0.25, 0.3) is 0 Å². The molecule has 0 saturated heterocycles. The van der Waals surface area contributed by atoms with Crippen LogP contribution >= 0.6 is 19.7 Å². The van der Waals surface area contributed by atoms with Gasteiger partial charge in [-0.2, -0.15) is 11.8 Å². The topological polar surface area (TPSA) is 0 Å². The van der Waals surface area contributed by atoms with Crippen molar-refractivity contribution < 1.29 is 0 Å². The molecule has 124 valence electrons. The van der Waals surface area contributed by atoms with Gasteiger partial charge in [-0.05, 0) is 49.4 Å². The Morgan fingerprint density at radius 3 is 2.04 bits per heavy atom. The molecule has 0 aliphatic heterocycles. The lowest BCUT2D eigenvalue weighted by Gasteiger charge is -2.23. The SMILES string of the molecule is CCC(CC1=C(P(c2ccccc2)c2ccccc2)C=CC1)SC. The van der Waals surface area contributed by atoms with Gasteiger partial charge >= 0.3 is 0 Å². The average Bonchev–Trinajstić information content (AvgIpc) is 3.09. The summed E-state index contributed by atoms with van der Waals surface area (Å²) in [5.41, 5.74) is 1.65. The van der Waals surface area contributed by atoms with E-state index in [4.69, 9.17) is 0 Å². The number of thioether (sulfide) groups is 1. The minimum absolute atomic E-state index is 0.448. The van der Waals surface area contributed by atoms with E-state index in [2.05, 4.69) is 86.0 Å². The zero-order valence-corrected chi connectivity index (χ0v) is 16.2. The molecule has 2 aromatic rings. The van der Waals surface area contributed by atoms with Crippen molar-refractivity contribution in [3.63, 3.8) is 0 Å². The second-order valence-electron chi connectivity index (χ2n) is 6.07. The molecule has 1 aliphatic carbocycles. The largest absolute Gasteiger partial charge is 0.162 e. The second kappa shape index (κ2) is 8.70. The van der Waals surface area contributed by atoms with Crippen LogP contribution in [0.3, 0.4) is 0 Å². The summed E-state index contributed by atoms with van der Waals surface area (Å²) in [6, 6.07) is 22.1. The summed E-state index contributed by atoms with van der Waals surface area (Å²) < 4.78 is 0. The maximum Gasteiger partial charge on any atom is 0.00792 e. The molecule has 0 heterocycles. The molecule has 0 radical (unpaired) electrons. The van der Waals surface area contributed by atoms with Gasteiger partial charge in [0, 0.05) is 5.25 Å². The van der Waals surface area contributed by atoms with Crippen LogP contribution in [0.2, 0.25) is 0 Å². The van der Waals surface area contributed by atoms with E-state index >= 15 is 0 Å². The van der Waals surface area contributed by atoms with Crippen molar-refractivity contribution in [3.05, 3.63) is 83.7 Å². The molecular formula is C22H25PS. The Balaban J connectivity index is 2.03. The smallest absolute Gasteiger partial charge is 0.00792 e. The lowest BCUT2D eigenvalue weighted by molar-refractivity contribution is 0.799. The van der Waals surface area contributed by atoms with Crippen molar-refractivity contribution in [1.82, 2.24) is 0 Å². The second-order valence-corrected chi connectivity index (χ2v) is 9.40. The van der Waals surface area contributed by atoms with Gasteiger partial charge in [0.1, 0.15) is 0 Å². The third kappa shape index (κ3) is 4.02. The Bertz CT molecular complexity index is 660. The Kier molecular flexibility index (Phi) is 6.35. The Labute approximate surface area is 151 Å². The van der Waals surface area contributed by atoms with Gasteiger partial charge in [-0.1, -0.05) is 85.3 Å². The molecule has 0 saturated carbocycles. The van der Waals surface area contributed by atoms with E-state index in [1.54, 1.807) is 10.9 Å². The normalized spacial score (nSPS) is 15.3. The first-order valence-corrected chi connectivity index (χ1v) is 11.3. The number of allylic oxidation sites excluding steroid dienone is 4. The highest BCUT2D eigenvalue weighted by Gasteiger charge is 2.23. The summed E-state index contributed by atoms with van der Waals surface area (Å²) >= 11 is 2.01. The summed E-state index contributed by atoms with van der Waals surface area (Å²) in [5.74, 6) is 0. The van der Waals surface area contributed by atoms with E-state index < -0.39 is 7.92 Å². The highest BCUT2D eigenvalue weighted by Crippen LogP contribution is 2.49. The fourth-order valence-corrected chi connectivity index (χ4v) is 6.46. The maximum atomic E-state index is 2.40. The zero-order valence-electron chi connectivity index (χ0n) is 14.5. The molecule has 1 atom stereocenters. The first-order chi connectivity index (χ1) is 11.8. The molecule has 3 rings (SSSR count). The number of rotatable bonds is 7. The minimum atomic E-state index is -0.448. The van der Waals surface area contributed by atoms with E-state index in [1.165, 1.54) is 23.5 Å². The highest BCUT2D eigenvalue weighted by molar-refractivity contribution is 7.99. The zero-order chi connectivity index (χ0) is 16.8. The molecule has 1 unspecified atom stereocenters. The van der Waals surface area contributed by atoms with E-state index in [9.17, 15) is 0 Å². The first-order valence-electron chi connectivity index (χ1n) is 8.65. The van der Waals surface area contributed by atoms with Crippen LogP contribution < -0.4 is 10.6 Å². The van der Waals surface area contributed by atoms with Crippen LogP contribution in [0, 0.1) is 0 Å². The van der Waals surface area contributed by atoms with Crippen molar-refractivity contribution in [2.75, 3.05) is 6.26 Å². The summed E-state index contributed by atoms with van der Waals surface area (Å²) in [6.07, 6.45) is 10.6. The predicted molar refractivity (Wildman–Crippen MR) is 112 cm³/mol. The molecule has 0 bridgehead atoms. The molecule has 0 aromatic heterocycles. The summed E-state index contributed by atoms with van der Waals surface area (Å²) in [4.78, 5) is 0. The van der Waals surface area contributed by atoms with Crippen molar-refractivity contribution >= 4 is 30.3 Å². The Morgan fingerprint density at radius 1 is 0.958 bits per heavy atom. The standard InChI is InChI=1S/C22H25PS/c1-3-21(24-2)17-18-11-10-16-22(18)23(19-12-6-4-7-13-19)20-14-8-5-9-15-20/h4-10,12-16,21H,3,11,17H2,1-2H3. The quantitative estimate of drug-likeness (QED) is 0.562. The summed E-state index contributed by atoms with van der Waals surface area (Å²) in [7, 11) is -0.448. The highest BCUT2D eigenvalue weighted by atomic mass is 32.2. The number of benzene rings is 2. The van der Waals surface area contributed by atoms with Gasteiger partial charge in [0.05, 0.1) is 0 Å². The minimum Gasteiger partial charge on any atom is -0.162 e. The molecular weight excluding hydrogens is 327 g/mol. The van der Waals surface area contributed by atoms with E-state index in [0.717, 1.165) is 11.7 Å². The molecule has 1 aliphatic rings. The van der Waals surface area contributed by atoms with Gasteiger partial charge in [0.15, 0.2) is 0 Å². The third-order valence-corrected chi connectivity index (χ3v) is 8.28. The van der Waals surface area contributed by atoms with Gasteiger partial charge < -0.3 is 0 Å². The van der Waals surface area contributed by atoms with E-state index in [-0.39, 0.29) is 0 Å². The molecule has 24 heavy (non-hydrogen) atoms. The van der Waals surface area contributed by atoms with Crippen molar-refractivity contribution in [1.29, 1.82) is 0 Å². The molecule has 2 aromatic carbocycles. The lowest BCUT2D eigenvalue weighted by Crippen LogP contribution is -2.13. The van der Waals surface area contributed by atoms with Crippen molar-refractivity contribution in [2.24, 2.45) is 0 Å². The van der Waals surface area contributed by atoms with Gasteiger partial charge in [0.25, 0.3) is 0 Å². The van der Waals surface area contributed by atoms with Crippen molar-refractivity contribution in [3.8, 4) is 0 Å². The Morgan fingerprint density at radius 2 is 1.54 bits per heavy atom. The fourth-order valence-electron chi connectivity index (χ4n) is 3.21. The van der Waals surface area contributed by atoms with Gasteiger partial charge in [-0.3, -0.25) is 0 Å². The van der Waals surface area contributed by atoms with Crippen molar-refractivity contribution in [2.45, 2.75) is 31.4 Å². The van der Waals surface area contributed by atoms with Gasteiger partial charge in [-0.25, -0.2) is 0 Å². The number of hydrogen-bond donors (Lipinski definition) is 0. The predicted octanol–water partition coefficient (Wildman–Crippen LogP) is 5.87. The third-order valence-electron chi connectivity index (χ3n) is 4.53. The first kappa shape index (κ1) is 17.5. The summed E-state index contributed by atoms with van der Waals surface area (Å²) in [5, 5.41) is 5.22. The fraction of sp³-hybridized carbons (Fsp3) is 0.273. The lowest BCUT2D eigenvalue weighted by atomic mass is 10.1. The summed E-state index contributed by atoms with van der Waals surface area (Å²) in [6.45, 7) is 2.31. The van der Waals surface area contributed by atoms with Crippen LogP contribution in [0.5, 0.6) is 0 Å². The van der Waals surface area contributed by atoms with Crippen LogP contribution in [0.15, 0.2) is 83.7 Å². The molecule has 0 nitrogen and oxygen atoms in total. The average molecular weight is 352 g/mol. The van der Waals surface area contributed by atoms with Crippen LogP contribution in [-0.2, 0) is 0 Å². The molecule has 0 amide bonds. The number of hydrogen-bond acceptors (Lipinski definition) is 1. The molecule has 0 fully saturated rings. The molecule has 0 spiro atoms. The van der Waals surface area contributed by atoms with Gasteiger partial charge in [-0.15, -0.1) is 0 Å².